The van der Waals surface area contributed by atoms with Crippen molar-refractivity contribution in [2.75, 3.05) is 6.54 Å². The highest BCUT2D eigenvalue weighted by atomic mass is 16.6. The Hall–Kier alpha value is -1.59. The number of esters is 1. The zero-order chi connectivity index (χ0) is 18.4. The predicted octanol–water partition coefficient (Wildman–Crippen LogP) is 3.14. The molecule has 1 spiro atoms. The first-order valence-electron chi connectivity index (χ1n) is 10.3. The van der Waals surface area contributed by atoms with Gasteiger partial charge in [0.1, 0.15) is 6.10 Å². The largest absolute Gasteiger partial charge is 0.462 e. The molecule has 1 saturated carbocycles. The Labute approximate surface area is 155 Å². The van der Waals surface area contributed by atoms with Crippen LogP contribution in [0.1, 0.15) is 77.6 Å². The molecule has 1 N–H and O–H groups in total. The lowest BCUT2D eigenvalue weighted by atomic mass is 9.47. The second-order valence-corrected chi connectivity index (χ2v) is 8.95. The molecule has 0 radical (unpaired) electrons. The number of amides is 3. The monoisotopic (exact) mass is 362 g/mol. The summed E-state index contributed by atoms with van der Waals surface area (Å²) >= 11 is 0. The molecule has 0 aromatic carbocycles. The van der Waals surface area contributed by atoms with Gasteiger partial charge < -0.3 is 9.64 Å². The molecule has 4 fully saturated rings. The Bertz CT molecular complexity index is 621. The average Bonchev–Trinajstić information content (AvgIpc) is 2.90. The minimum atomic E-state index is -0.674. The van der Waals surface area contributed by atoms with Crippen LogP contribution in [0.25, 0.3) is 0 Å². The van der Waals surface area contributed by atoms with Crippen LogP contribution in [0.3, 0.4) is 0 Å². The molecule has 3 amide bonds. The summed E-state index contributed by atoms with van der Waals surface area (Å²) in [4.78, 5) is 39.7. The molecule has 2 bridgehead atoms. The van der Waals surface area contributed by atoms with E-state index < -0.39 is 10.8 Å². The lowest BCUT2D eigenvalue weighted by molar-refractivity contribution is -0.183. The average molecular weight is 362 g/mol. The number of fused-ring (bicyclic) bond motifs is 1. The van der Waals surface area contributed by atoms with E-state index in [9.17, 15) is 14.4 Å². The molecule has 0 aromatic rings. The number of hydrogen-bond acceptors (Lipinski definition) is 4. The number of rotatable bonds is 0. The van der Waals surface area contributed by atoms with Gasteiger partial charge in [0.25, 0.3) is 0 Å². The van der Waals surface area contributed by atoms with Gasteiger partial charge in [-0.05, 0) is 32.6 Å². The Balaban J connectivity index is 1.61. The summed E-state index contributed by atoms with van der Waals surface area (Å²) in [5.74, 6) is -0.423. The molecule has 26 heavy (non-hydrogen) atoms. The fourth-order valence-corrected chi connectivity index (χ4v) is 5.88. The van der Waals surface area contributed by atoms with Crippen LogP contribution in [-0.4, -0.2) is 41.5 Å². The molecule has 144 valence electrons. The van der Waals surface area contributed by atoms with Crippen molar-refractivity contribution in [1.29, 1.82) is 0 Å². The van der Waals surface area contributed by atoms with Crippen molar-refractivity contribution in [2.24, 2.45) is 10.8 Å². The summed E-state index contributed by atoms with van der Waals surface area (Å²) in [6.07, 6.45) is 11.2. The lowest BCUT2D eigenvalue weighted by Crippen LogP contribution is -2.78. The highest BCUT2D eigenvalue weighted by Gasteiger charge is 2.75. The van der Waals surface area contributed by atoms with Crippen LogP contribution in [-0.2, 0) is 14.3 Å². The number of imide groups is 1. The number of nitrogens with one attached hydrogen (secondary N) is 1. The fourth-order valence-electron chi connectivity index (χ4n) is 5.88. The standard InChI is InChI=1S/C20H30N2O4/c1-19-13-20-12-14(26-17(20)24)10-8-6-4-2-3-5-7-9-11-22(15(19)20)18(25)21-16(19)23/h14-15H,2-13H2,1H3,(H,21,23,25)/t14-,15+,19+,20-/m0/s1. The van der Waals surface area contributed by atoms with Crippen LogP contribution in [0.2, 0.25) is 0 Å². The van der Waals surface area contributed by atoms with Gasteiger partial charge in [0.05, 0.1) is 16.9 Å². The molecule has 0 aromatic heterocycles. The summed E-state index contributed by atoms with van der Waals surface area (Å²) in [6.45, 7) is 2.51. The maximum absolute atomic E-state index is 12.8. The SMILES string of the molecule is C[C@]12C[C@@]34C[C@H](CCCCCCCCCCN(C(=O)NC1=O)[C@@H]32)OC4=O. The van der Waals surface area contributed by atoms with Crippen molar-refractivity contribution in [3.05, 3.63) is 0 Å². The number of urea groups is 1. The van der Waals surface area contributed by atoms with Crippen LogP contribution < -0.4 is 5.32 Å². The third-order valence-corrected chi connectivity index (χ3v) is 7.07. The summed E-state index contributed by atoms with van der Waals surface area (Å²) in [5, 5.41) is 2.52. The topological polar surface area (TPSA) is 75.7 Å². The molecule has 4 aliphatic rings. The number of nitrogens with zero attached hydrogens (tertiary/aromatic N) is 1. The molecule has 3 heterocycles. The second kappa shape index (κ2) is 6.54. The van der Waals surface area contributed by atoms with E-state index in [4.69, 9.17) is 4.74 Å². The minimum Gasteiger partial charge on any atom is -0.462 e. The van der Waals surface area contributed by atoms with Gasteiger partial charge in [0.15, 0.2) is 0 Å². The summed E-state index contributed by atoms with van der Waals surface area (Å²) in [7, 11) is 0. The molecule has 4 atom stereocenters. The van der Waals surface area contributed by atoms with Gasteiger partial charge in [-0.25, -0.2) is 4.79 Å². The number of carbonyl (C=O) groups is 3. The van der Waals surface area contributed by atoms with Gasteiger partial charge in [-0.15, -0.1) is 0 Å². The number of ether oxygens (including phenoxy) is 1. The Kier molecular flexibility index (Phi) is 4.48. The van der Waals surface area contributed by atoms with Crippen LogP contribution in [0.5, 0.6) is 0 Å². The third-order valence-electron chi connectivity index (χ3n) is 7.07. The highest BCUT2D eigenvalue weighted by Crippen LogP contribution is 2.63. The van der Waals surface area contributed by atoms with Crippen molar-refractivity contribution < 1.29 is 19.1 Å². The quantitative estimate of drug-likeness (QED) is 0.672. The smallest absolute Gasteiger partial charge is 0.324 e. The first-order valence-corrected chi connectivity index (χ1v) is 10.3. The first-order chi connectivity index (χ1) is 12.5. The maximum atomic E-state index is 12.8. The molecule has 6 nitrogen and oxygen atoms in total. The maximum Gasteiger partial charge on any atom is 0.324 e. The van der Waals surface area contributed by atoms with E-state index in [0.717, 1.165) is 25.7 Å². The van der Waals surface area contributed by atoms with Crippen LogP contribution in [0, 0.1) is 10.8 Å². The third kappa shape index (κ3) is 2.64. The van der Waals surface area contributed by atoms with Gasteiger partial charge in [0, 0.05) is 13.0 Å². The van der Waals surface area contributed by atoms with Crippen molar-refractivity contribution >= 4 is 17.9 Å². The van der Waals surface area contributed by atoms with E-state index in [1.54, 1.807) is 4.90 Å². The van der Waals surface area contributed by atoms with Crippen molar-refractivity contribution in [1.82, 2.24) is 10.2 Å². The van der Waals surface area contributed by atoms with Crippen molar-refractivity contribution in [3.8, 4) is 0 Å². The molecule has 6 heteroatoms. The van der Waals surface area contributed by atoms with Crippen LogP contribution in [0.4, 0.5) is 4.79 Å². The molecule has 0 unspecified atom stereocenters. The predicted molar refractivity (Wildman–Crippen MR) is 95.2 cm³/mol. The Morgan fingerprint density at radius 2 is 1.65 bits per heavy atom. The Morgan fingerprint density at radius 1 is 1.00 bits per heavy atom. The number of hydrogen-bond donors (Lipinski definition) is 1. The molecular weight excluding hydrogens is 332 g/mol. The zero-order valence-electron chi connectivity index (χ0n) is 15.7. The van der Waals surface area contributed by atoms with Crippen LogP contribution in [0.15, 0.2) is 0 Å². The van der Waals surface area contributed by atoms with E-state index in [1.807, 2.05) is 6.92 Å². The van der Waals surface area contributed by atoms with Gasteiger partial charge in [-0.2, -0.15) is 0 Å². The minimum absolute atomic E-state index is 0.0564. The first kappa shape index (κ1) is 17.8. The van der Waals surface area contributed by atoms with Gasteiger partial charge in [-0.3, -0.25) is 14.9 Å². The normalized spacial score (nSPS) is 41.3. The second-order valence-electron chi connectivity index (χ2n) is 8.95. The highest BCUT2D eigenvalue weighted by molar-refractivity contribution is 6.03. The Morgan fingerprint density at radius 3 is 2.38 bits per heavy atom. The molecule has 4 rings (SSSR count). The van der Waals surface area contributed by atoms with Crippen molar-refractivity contribution in [2.45, 2.75) is 89.7 Å². The van der Waals surface area contributed by atoms with Gasteiger partial charge >= 0.3 is 12.0 Å². The summed E-state index contributed by atoms with van der Waals surface area (Å²) < 4.78 is 5.72. The summed E-state index contributed by atoms with van der Waals surface area (Å²) in [6, 6.07) is -0.684. The summed E-state index contributed by atoms with van der Waals surface area (Å²) in [5.41, 5.74) is -1.34. The van der Waals surface area contributed by atoms with E-state index in [0.29, 0.717) is 19.4 Å². The molecule has 3 saturated heterocycles. The molecule has 1 aliphatic carbocycles. The number of carbonyl (C=O) groups excluding carboxylic acids is 3. The zero-order valence-corrected chi connectivity index (χ0v) is 15.7. The van der Waals surface area contributed by atoms with Crippen LogP contribution >= 0.6 is 0 Å². The van der Waals surface area contributed by atoms with E-state index in [2.05, 4.69) is 5.32 Å². The van der Waals surface area contributed by atoms with E-state index in [1.165, 1.54) is 32.1 Å². The van der Waals surface area contributed by atoms with E-state index in [-0.39, 0.29) is 30.1 Å². The molecular formula is C20H30N2O4. The van der Waals surface area contributed by atoms with E-state index >= 15 is 0 Å². The fraction of sp³-hybridized carbons (Fsp3) is 0.850. The lowest BCUT2D eigenvalue weighted by Gasteiger charge is -2.62. The van der Waals surface area contributed by atoms with Crippen molar-refractivity contribution in [3.63, 3.8) is 0 Å². The van der Waals surface area contributed by atoms with Gasteiger partial charge in [-0.1, -0.05) is 38.5 Å². The molecule has 3 aliphatic heterocycles. The van der Waals surface area contributed by atoms with Gasteiger partial charge in [0.2, 0.25) is 5.91 Å².